The van der Waals surface area contributed by atoms with Crippen molar-refractivity contribution < 1.29 is 9.90 Å². The van der Waals surface area contributed by atoms with Gasteiger partial charge in [0.1, 0.15) is 0 Å². The Morgan fingerprint density at radius 2 is 1.69 bits per heavy atom. The highest BCUT2D eigenvalue weighted by molar-refractivity contribution is 6.11. The zero-order chi connectivity index (χ0) is 22.0. The molecule has 2 heteroatoms. The maximum Gasteiger partial charge on any atom is 0.304 e. The predicted molar refractivity (Wildman–Crippen MR) is 130 cm³/mol. The van der Waals surface area contributed by atoms with Crippen LogP contribution in [0.3, 0.4) is 0 Å². The summed E-state index contributed by atoms with van der Waals surface area (Å²) in [7, 11) is 0. The maximum absolute atomic E-state index is 12.0. The van der Waals surface area contributed by atoms with Gasteiger partial charge in [0, 0.05) is 5.92 Å². The molecule has 2 aliphatic rings. The van der Waals surface area contributed by atoms with E-state index in [4.69, 9.17) is 0 Å². The van der Waals surface area contributed by atoms with Crippen molar-refractivity contribution in [2.24, 2.45) is 0 Å². The number of hydrogen-bond acceptors (Lipinski definition) is 1. The number of carboxylic acid groups (broad SMARTS) is 1. The largest absolute Gasteiger partial charge is 0.481 e. The third-order valence-corrected chi connectivity index (χ3v) is 7.55. The van der Waals surface area contributed by atoms with Gasteiger partial charge in [-0.2, -0.15) is 0 Å². The number of aryl methyl sites for hydroxylation is 1. The Hall–Kier alpha value is -3.39. The molecule has 0 radical (unpaired) electrons. The predicted octanol–water partition coefficient (Wildman–Crippen LogP) is 7.32. The van der Waals surface area contributed by atoms with Crippen molar-refractivity contribution in [1.29, 1.82) is 0 Å². The minimum Gasteiger partial charge on any atom is -0.481 e. The normalized spacial score (nSPS) is 17.8. The average Bonchev–Trinajstić information content (AvgIpc) is 3.09. The lowest BCUT2D eigenvalue weighted by molar-refractivity contribution is -0.137. The lowest BCUT2D eigenvalue weighted by Gasteiger charge is -2.37. The zero-order valence-corrected chi connectivity index (χ0v) is 18.5. The van der Waals surface area contributed by atoms with E-state index in [1.807, 2.05) is 6.07 Å². The fourth-order valence-electron chi connectivity index (χ4n) is 6.22. The first kappa shape index (κ1) is 19.3. The van der Waals surface area contributed by atoms with E-state index in [9.17, 15) is 9.90 Å². The van der Waals surface area contributed by atoms with Crippen LogP contribution < -0.4 is 0 Å². The Kier molecular flexibility index (Phi) is 4.10. The van der Waals surface area contributed by atoms with Crippen LogP contribution in [0.2, 0.25) is 0 Å². The van der Waals surface area contributed by atoms with Gasteiger partial charge in [-0.05, 0) is 73.5 Å². The summed E-state index contributed by atoms with van der Waals surface area (Å²) in [4.78, 5) is 12.0. The van der Waals surface area contributed by atoms with Crippen LogP contribution in [0.25, 0.3) is 33.0 Å². The second-order valence-corrected chi connectivity index (χ2v) is 9.87. The van der Waals surface area contributed by atoms with Crippen LogP contribution in [0.5, 0.6) is 0 Å². The highest BCUT2D eigenvalue weighted by Crippen LogP contribution is 2.58. The van der Waals surface area contributed by atoms with Crippen LogP contribution in [-0.4, -0.2) is 11.1 Å². The number of carboxylic acids is 1. The molecule has 0 bridgehead atoms. The summed E-state index contributed by atoms with van der Waals surface area (Å²) < 4.78 is 0. The molecule has 0 fully saturated rings. The standard InChI is InChI=1S/C30H26O2/c1-30(2)16-15-19-11-8-14-22-25(18-9-4-3-5-10-18)27-21-13-7-6-12-20(21)23(17-24(31)32)28(27)29(30)26(19)22/h3-14,23H,15-17H2,1-2H3,(H,31,32). The Bertz CT molecular complexity index is 1400. The lowest BCUT2D eigenvalue weighted by atomic mass is 9.67. The fourth-order valence-corrected chi connectivity index (χ4v) is 6.22. The lowest BCUT2D eigenvalue weighted by Crippen LogP contribution is -2.26. The molecule has 2 nitrogen and oxygen atoms in total. The molecule has 0 aromatic heterocycles. The topological polar surface area (TPSA) is 37.3 Å². The SMILES string of the molecule is CC1(C)CCc2cccc3c(-c4ccccc4)c4c(c1c23)C(CC(=O)O)c1ccccc1-4. The van der Waals surface area contributed by atoms with Crippen LogP contribution in [0.1, 0.15) is 54.9 Å². The van der Waals surface area contributed by atoms with Gasteiger partial charge in [0.2, 0.25) is 0 Å². The number of benzene rings is 4. The quantitative estimate of drug-likeness (QED) is 0.378. The molecule has 32 heavy (non-hydrogen) atoms. The second-order valence-electron chi connectivity index (χ2n) is 9.87. The third-order valence-electron chi connectivity index (χ3n) is 7.55. The maximum atomic E-state index is 12.0. The van der Waals surface area contributed by atoms with Crippen LogP contribution >= 0.6 is 0 Å². The van der Waals surface area contributed by atoms with Crippen molar-refractivity contribution >= 4 is 16.7 Å². The van der Waals surface area contributed by atoms with Gasteiger partial charge in [-0.1, -0.05) is 86.6 Å². The summed E-state index contributed by atoms with van der Waals surface area (Å²) in [6.45, 7) is 4.67. The highest BCUT2D eigenvalue weighted by atomic mass is 16.4. The van der Waals surface area contributed by atoms with Gasteiger partial charge in [-0.25, -0.2) is 0 Å². The first-order valence-corrected chi connectivity index (χ1v) is 11.5. The molecular formula is C30H26O2. The molecule has 0 spiro atoms. The average molecular weight is 419 g/mol. The van der Waals surface area contributed by atoms with Crippen molar-refractivity contribution in [3.05, 3.63) is 95.1 Å². The van der Waals surface area contributed by atoms with Gasteiger partial charge in [-0.3, -0.25) is 4.79 Å². The van der Waals surface area contributed by atoms with Gasteiger partial charge >= 0.3 is 5.97 Å². The Morgan fingerprint density at radius 1 is 0.938 bits per heavy atom. The van der Waals surface area contributed by atoms with Crippen molar-refractivity contribution in [3.63, 3.8) is 0 Å². The minimum atomic E-state index is -0.742. The zero-order valence-electron chi connectivity index (χ0n) is 18.5. The van der Waals surface area contributed by atoms with Gasteiger partial charge in [0.05, 0.1) is 6.42 Å². The van der Waals surface area contributed by atoms with E-state index in [0.717, 1.165) is 18.4 Å². The molecule has 1 unspecified atom stereocenters. The Labute approximate surface area is 188 Å². The van der Waals surface area contributed by atoms with Gasteiger partial charge in [0.15, 0.2) is 0 Å². The van der Waals surface area contributed by atoms with Gasteiger partial charge in [0.25, 0.3) is 0 Å². The minimum absolute atomic E-state index is 0.00923. The Balaban J connectivity index is 1.86. The van der Waals surface area contributed by atoms with E-state index in [2.05, 4.69) is 80.6 Å². The molecule has 6 rings (SSSR count). The molecule has 0 aliphatic heterocycles. The summed E-state index contributed by atoms with van der Waals surface area (Å²) in [5.41, 5.74) is 10.0. The first-order valence-electron chi connectivity index (χ1n) is 11.5. The van der Waals surface area contributed by atoms with Gasteiger partial charge < -0.3 is 5.11 Å². The molecule has 158 valence electrons. The number of rotatable bonds is 3. The summed E-state index contributed by atoms with van der Waals surface area (Å²) in [5, 5.41) is 12.5. The Morgan fingerprint density at radius 3 is 2.47 bits per heavy atom. The molecule has 4 aromatic carbocycles. The van der Waals surface area contributed by atoms with E-state index in [1.54, 1.807) is 0 Å². The van der Waals surface area contributed by atoms with Crippen LogP contribution in [0.15, 0.2) is 72.8 Å². The summed E-state index contributed by atoms with van der Waals surface area (Å²) in [6, 6.07) is 25.8. The molecule has 1 N–H and O–H groups in total. The van der Waals surface area contributed by atoms with Crippen LogP contribution in [-0.2, 0) is 16.6 Å². The van der Waals surface area contributed by atoms with Crippen molar-refractivity contribution in [3.8, 4) is 22.3 Å². The van der Waals surface area contributed by atoms with Crippen LogP contribution in [0.4, 0.5) is 0 Å². The van der Waals surface area contributed by atoms with Gasteiger partial charge in [-0.15, -0.1) is 0 Å². The van der Waals surface area contributed by atoms with E-state index in [0.29, 0.717) is 0 Å². The second kappa shape index (κ2) is 6.80. The third kappa shape index (κ3) is 2.62. The van der Waals surface area contributed by atoms with E-state index < -0.39 is 5.97 Å². The highest BCUT2D eigenvalue weighted by Gasteiger charge is 2.41. The van der Waals surface area contributed by atoms with Crippen molar-refractivity contribution in [2.75, 3.05) is 0 Å². The van der Waals surface area contributed by atoms with Crippen LogP contribution in [0, 0.1) is 0 Å². The smallest absolute Gasteiger partial charge is 0.304 e. The van der Waals surface area contributed by atoms with Crippen molar-refractivity contribution in [2.45, 2.75) is 44.4 Å². The fraction of sp³-hybridized carbons (Fsp3) is 0.233. The number of hydrogen-bond donors (Lipinski definition) is 1. The molecular weight excluding hydrogens is 392 g/mol. The summed E-state index contributed by atoms with van der Waals surface area (Å²) in [6.07, 6.45) is 2.25. The number of carbonyl (C=O) groups is 1. The molecule has 0 saturated carbocycles. The monoisotopic (exact) mass is 418 g/mol. The first-order chi connectivity index (χ1) is 15.5. The molecule has 0 amide bonds. The van der Waals surface area contributed by atoms with Crippen molar-refractivity contribution in [1.82, 2.24) is 0 Å². The summed E-state index contributed by atoms with van der Waals surface area (Å²) in [5.74, 6) is -0.862. The summed E-state index contributed by atoms with van der Waals surface area (Å²) >= 11 is 0. The molecule has 0 saturated heterocycles. The number of fused-ring (bicyclic) bond motifs is 4. The molecule has 2 aliphatic carbocycles. The molecule has 1 atom stereocenters. The van der Waals surface area contributed by atoms with E-state index in [1.165, 1.54) is 49.7 Å². The van der Waals surface area contributed by atoms with E-state index in [-0.39, 0.29) is 17.8 Å². The number of aliphatic carboxylic acids is 1. The molecule has 0 heterocycles. The molecule has 4 aromatic rings. The van der Waals surface area contributed by atoms with E-state index >= 15 is 0 Å².